The van der Waals surface area contributed by atoms with Crippen LogP contribution in [-0.4, -0.2) is 30.8 Å². The Kier molecular flexibility index (Phi) is 7.15. The topological polar surface area (TPSA) is 58.4 Å². The van der Waals surface area contributed by atoms with Gasteiger partial charge in [-0.05, 0) is 44.5 Å². The van der Waals surface area contributed by atoms with E-state index in [0.717, 1.165) is 54.0 Å². The zero-order chi connectivity index (χ0) is 20.2. The van der Waals surface area contributed by atoms with Gasteiger partial charge >= 0.3 is 0 Å². The SMILES string of the molecule is CCO[C@H]1CCN(c2cc(C)nc3cc(OCc4ccccc4C#N)ccc23)C1.Cl. The highest BCUT2D eigenvalue weighted by Crippen LogP contribution is 2.32. The van der Waals surface area contributed by atoms with Gasteiger partial charge in [-0.2, -0.15) is 5.26 Å². The van der Waals surface area contributed by atoms with Gasteiger partial charge in [0, 0.05) is 48.1 Å². The molecule has 0 N–H and O–H groups in total. The van der Waals surface area contributed by atoms with E-state index in [1.807, 2.05) is 50.2 Å². The minimum absolute atomic E-state index is 0. The molecule has 0 spiro atoms. The number of halogens is 1. The first-order chi connectivity index (χ1) is 14.2. The fourth-order valence-electron chi connectivity index (χ4n) is 3.90. The lowest BCUT2D eigenvalue weighted by Crippen LogP contribution is -2.23. The lowest BCUT2D eigenvalue weighted by Gasteiger charge is -2.21. The van der Waals surface area contributed by atoms with Crippen molar-refractivity contribution in [3.8, 4) is 11.8 Å². The molecule has 2 heterocycles. The second kappa shape index (κ2) is 9.80. The molecular formula is C24H26ClN3O2. The van der Waals surface area contributed by atoms with Gasteiger partial charge in [-0.3, -0.25) is 4.98 Å². The van der Waals surface area contributed by atoms with Crippen LogP contribution in [0.5, 0.6) is 5.75 Å². The van der Waals surface area contributed by atoms with Gasteiger partial charge in [0.05, 0.1) is 23.3 Å². The zero-order valence-electron chi connectivity index (χ0n) is 17.3. The molecule has 5 nitrogen and oxygen atoms in total. The van der Waals surface area contributed by atoms with Crippen molar-refractivity contribution >= 4 is 29.0 Å². The molecule has 3 aromatic rings. The monoisotopic (exact) mass is 423 g/mol. The number of anilines is 1. The van der Waals surface area contributed by atoms with Crippen LogP contribution < -0.4 is 9.64 Å². The van der Waals surface area contributed by atoms with E-state index in [9.17, 15) is 5.26 Å². The van der Waals surface area contributed by atoms with Crippen LogP contribution in [0.3, 0.4) is 0 Å². The maximum absolute atomic E-state index is 9.25. The predicted octanol–water partition coefficient (Wildman–Crippen LogP) is 5.03. The number of fused-ring (bicyclic) bond motifs is 1. The van der Waals surface area contributed by atoms with Crippen LogP contribution in [-0.2, 0) is 11.3 Å². The van der Waals surface area contributed by atoms with Crippen LogP contribution >= 0.6 is 12.4 Å². The quantitative estimate of drug-likeness (QED) is 0.556. The van der Waals surface area contributed by atoms with E-state index in [0.29, 0.717) is 18.3 Å². The Labute approximate surface area is 183 Å². The Hall–Kier alpha value is -2.81. The van der Waals surface area contributed by atoms with Crippen LogP contribution in [0.25, 0.3) is 10.9 Å². The number of aryl methyl sites for hydroxylation is 1. The Morgan fingerprint density at radius 2 is 2.03 bits per heavy atom. The molecule has 0 unspecified atom stereocenters. The number of benzene rings is 2. The molecule has 1 aliphatic heterocycles. The van der Waals surface area contributed by atoms with Gasteiger partial charge in [-0.15, -0.1) is 12.4 Å². The predicted molar refractivity (Wildman–Crippen MR) is 121 cm³/mol. The molecule has 4 rings (SSSR count). The summed E-state index contributed by atoms with van der Waals surface area (Å²) >= 11 is 0. The summed E-state index contributed by atoms with van der Waals surface area (Å²) in [4.78, 5) is 7.11. The number of rotatable bonds is 6. The van der Waals surface area contributed by atoms with Crippen LogP contribution in [0.15, 0.2) is 48.5 Å². The third kappa shape index (κ3) is 4.67. The van der Waals surface area contributed by atoms with E-state index in [-0.39, 0.29) is 12.4 Å². The molecule has 0 amide bonds. The van der Waals surface area contributed by atoms with E-state index < -0.39 is 0 Å². The van der Waals surface area contributed by atoms with Crippen LogP contribution in [0.2, 0.25) is 0 Å². The summed E-state index contributed by atoms with van der Waals surface area (Å²) in [6, 6.07) is 17.9. The summed E-state index contributed by atoms with van der Waals surface area (Å²) in [6.45, 7) is 7.09. The summed E-state index contributed by atoms with van der Waals surface area (Å²) in [6.07, 6.45) is 1.35. The Bertz CT molecular complexity index is 1060. The average molecular weight is 424 g/mol. The number of hydrogen-bond donors (Lipinski definition) is 0. The van der Waals surface area contributed by atoms with Gasteiger partial charge < -0.3 is 14.4 Å². The summed E-state index contributed by atoms with van der Waals surface area (Å²) in [7, 11) is 0. The minimum atomic E-state index is 0. The normalized spacial score (nSPS) is 15.6. The standard InChI is InChI=1S/C24H25N3O2.ClH/c1-3-28-21-10-11-27(15-21)24-12-17(2)26-23-13-20(8-9-22(23)24)29-16-19-7-5-4-6-18(19)14-25;/h4-9,12-13,21H,3,10-11,15-16H2,1-2H3;1H/t21-;/m0./s1. The highest BCUT2D eigenvalue weighted by Gasteiger charge is 2.24. The van der Waals surface area contributed by atoms with E-state index in [1.165, 1.54) is 5.69 Å². The van der Waals surface area contributed by atoms with Crippen LogP contribution in [0, 0.1) is 18.3 Å². The number of hydrogen-bond acceptors (Lipinski definition) is 5. The Morgan fingerprint density at radius 3 is 2.83 bits per heavy atom. The molecule has 0 bridgehead atoms. The highest BCUT2D eigenvalue weighted by atomic mass is 35.5. The third-order valence-corrected chi connectivity index (χ3v) is 5.31. The van der Waals surface area contributed by atoms with Gasteiger partial charge in [0.25, 0.3) is 0 Å². The first-order valence-electron chi connectivity index (χ1n) is 10.1. The molecule has 156 valence electrons. The van der Waals surface area contributed by atoms with E-state index >= 15 is 0 Å². The summed E-state index contributed by atoms with van der Waals surface area (Å²) < 4.78 is 11.8. The summed E-state index contributed by atoms with van der Waals surface area (Å²) in [5.41, 5.74) is 4.63. The molecule has 6 heteroatoms. The smallest absolute Gasteiger partial charge is 0.122 e. The lowest BCUT2D eigenvalue weighted by molar-refractivity contribution is 0.0788. The van der Waals surface area contributed by atoms with Gasteiger partial charge in [0.15, 0.2) is 0 Å². The average Bonchev–Trinajstić information content (AvgIpc) is 3.20. The molecule has 1 saturated heterocycles. The van der Waals surface area contributed by atoms with Crippen molar-refractivity contribution in [2.24, 2.45) is 0 Å². The molecule has 1 aromatic heterocycles. The van der Waals surface area contributed by atoms with Gasteiger partial charge in [-0.25, -0.2) is 0 Å². The van der Waals surface area contributed by atoms with Crippen molar-refractivity contribution in [1.82, 2.24) is 4.98 Å². The van der Waals surface area contributed by atoms with Crippen molar-refractivity contribution in [1.29, 1.82) is 5.26 Å². The second-order valence-corrected chi connectivity index (χ2v) is 7.33. The molecule has 0 saturated carbocycles. The summed E-state index contributed by atoms with van der Waals surface area (Å²) in [5, 5.41) is 10.4. The largest absolute Gasteiger partial charge is 0.489 e. The number of ether oxygens (including phenoxy) is 2. The molecule has 2 aromatic carbocycles. The van der Waals surface area contributed by atoms with E-state index in [4.69, 9.17) is 14.5 Å². The second-order valence-electron chi connectivity index (χ2n) is 7.33. The van der Waals surface area contributed by atoms with Crippen LogP contribution in [0.1, 0.15) is 30.2 Å². The first kappa shape index (κ1) is 21.9. The van der Waals surface area contributed by atoms with Crippen molar-refractivity contribution in [3.05, 3.63) is 65.4 Å². The number of pyridine rings is 1. The van der Waals surface area contributed by atoms with Gasteiger partial charge in [-0.1, -0.05) is 18.2 Å². The van der Waals surface area contributed by atoms with Crippen molar-refractivity contribution < 1.29 is 9.47 Å². The zero-order valence-corrected chi connectivity index (χ0v) is 18.1. The van der Waals surface area contributed by atoms with Crippen molar-refractivity contribution in [2.75, 3.05) is 24.6 Å². The molecule has 1 aliphatic rings. The highest BCUT2D eigenvalue weighted by molar-refractivity contribution is 5.93. The number of aromatic nitrogens is 1. The first-order valence-corrected chi connectivity index (χ1v) is 10.1. The van der Waals surface area contributed by atoms with Gasteiger partial charge in [0.2, 0.25) is 0 Å². The van der Waals surface area contributed by atoms with E-state index in [1.54, 1.807) is 0 Å². The molecular weight excluding hydrogens is 398 g/mol. The number of nitrogens with zero attached hydrogens (tertiary/aromatic N) is 3. The van der Waals surface area contributed by atoms with Crippen LogP contribution in [0.4, 0.5) is 5.69 Å². The van der Waals surface area contributed by atoms with E-state index in [2.05, 4.69) is 23.1 Å². The molecule has 1 fully saturated rings. The van der Waals surface area contributed by atoms with Crippen molar-refractivity contribution in [2.45, 2.75) is 33.0 Å². The fourth-order valence-corrected chi connectivity index (χ4v) is 3.90. The Morgan fingerprint density at radius 1 is 1.20 bits per heavy atom. The maximum atomic E-state index is 9.25. The molecule has 0 aliphatic carbocycles. The molecule has 1 atom stereocenters. The fraction of sp³-hybridized carbons (Fsp3) is 0.333. The number of nitriles is 1. The van der Waals surface area contributed by atoms with Gasteiger partial charge in [0.1, 0.15) is 12.4 Å². The third-order valence-electron chi connectivity index (χ3n) is 5.31. The molecule has 30 heavy (non-hydrogen) atoms. The van der Waals surface area contributed by atoms with Crippen molar-refractivity contribution in [3.63, 3.8) is 0 Å². The Balaban J connectivity index is 0.00000256. The summed E-state index contributed by atoms with van der Waals surface area (Å²) in [5.74, 6) is 0.753. The minimum Gasteiger partial charge on any atom is -0.489 e. The lowest BCUT2D eigenvalue weighted by atomic mass is 10.1. The maximum Gasteiger partial charge on any atom is 0.122 e. The molecule has 0 radical (unpaired) electrons.